The molecule has 1 N–H and O–H groups in total. The molecule has 1 unspecified atom stereocenters. The number of nitrogens with one attached hydrogen (secondary N) is 1. The molecular formula is C23H18ClN5O5. The number of ether oxygens (including phenoxy) is 1. The van der Waals surface area contributed by atoms with Crippen LogP contribution in [0.3, 0.4) is 0 Å². The quantitative estimate of drug-likeness (QED) is 0.449. The smallest absolute Gasteiger partial charge is 0.340 e. The first-order valence-corrected chi connectivity index (χ1v) is 10.8. The van der Waals surface area contributed by atoms with Crippen LogP contribution in [0.25, 0.3) is 16.9 Å². The van der Waals surface area contributed by atoms with Crippen LogP contribution in [0.15, 0.2) is 42.6 Å². The molecular weight excluding hydrogens is 462 g/mol. The molecule has 1 fully saturated rings. The summed E-state index contributed by atoms with van der Waals surface area (Å²) in [5, 5.41) is 10.9. The molecule has 3 amide bonds. The predicted molar refractivity (Wildman–Crippen MR) is 119 cm³/mol. The predicted octanol–water partition coefficient (Wildman–Crippen LogP) is 2.14. The van der Waals surface area contributed by atoms with E-state index in [0.717, 1.165) is 5.56 Å². The average molecular weight is 480 g/mol. The Morgan fingerprint density at radius 3 is 2.76 bits per heavy atom. The molecule has 11 heteroatoms. The third-order valence-electron chi connectivity index (χ3n) is 5.94. The summed E-state index contributed by atoms with van der Waals surface area (Å²) in [6.45, 7) is 0.247. The normalized spacial score (nSPS) is 17.5. The zero-order valence-electron chi connectivity index (χ0n) is 17.9. The Balaban J connectivity index is 1.44. The van der Waals surface area contributed by atoms with Crippen LogP contribution >= 0.6 is 11.6 Å². The van der Waals surface area contributed by atoms with Crippen LogP contribution < -0.4 is 5.32 Å². The molecule has 34 heavy (non-hydrogen) atoms. The van der Waals surface area contributed by atoms with Crippen molar-refractivity contribution in [3.63, 3.8) is 0 Å². The lowest BCUT2D eigenvalue weighted by molar-refractivity contribution is -0.136. The minimum atomic E-state index is -0.682. The van der Waals surface area contributed by atoms with Crippen molar-refractivity contribution in [2.75, 3.05) is 7.11 Å². The first kappa shape index (κ1) is 21.8. The SMILES string of the molecule is COC(=O)c1c(Cl)cccc1-c1cn(-c2ccc3c(c2)CN(C2CCC(=O)NC2=O)C3=O)nn1. The zero-order chi connectivity index (χ0) is 24.0. The van der Waals surface area contributed by atoms with Crippen LogP contribution in [0.1, 0.15) is 39.1 Å². The number of benzene rings is 2. The number of hydrogen-bond donors (Lipinski definition) is 1. The molecule has 2 aliphatic heterocycles. The molecule has 3 heterocycles. The van der Waals surface area contributed by atoms with Crippen molar-refractivity contribution in [1.82, 2.24) is 25.2 Å². The van der Waals surface area contributed by atoms with E-state index in [4.69, 9.17) is 16.3 Å². The van der Waals surface area contributed by atoms with Gasteiger partial charge in [0.15, 0.2) is 0 Å². The summed E-state index contributed by atoms with van der Waals surface area (Å²) in [5.74, 6) is -1.62. The molecule has 172 valence electrons. The Hall–Kier alpha value is -4.05. The first-order valence-electron chi connectivity index (χ1n) is 10.4. The van der Waals surface area contributed by atoms with Crippen molar-refractivity contribution in [2.45, 2.75) is 25.4 Å². The van der Waals surface area contributed by atoms with Gasteiger partial charge in [0.1, 0.15) is 11.7 Å². The van der Waals surface area contributed by atoms with Crippen LogP contribution in [0.2, 0.25) is 5.02 Å². The van der Waals surface area contributed by atoms with Gasteiger partial charge in [0.25, 0.3) is 5.91 Å². The van der Waals surface area contributed by atoms with Crippen LogP contribution in [0.4, 0.5) is 0 Å². The third kappa shape index (κ3) is 3.61. The number of nitrogens with zero attached hydrogens (tertiary/aromatic N) is 4. The van der Waals surface area contributed by atoms with Gasteiger partial charge in [-0.15, -0.1) is 5.10 Å². The second kappa shape index (κ2) is 8.38. The molecule has 0 bridgehead atoms. The number of imide groups is 1. The van der Waals surface area contributed by atoms with Gasteiger partial charge in [-0.1, -0.05) is 28.9 Å². The van der Waals surface area contributed by atoms with E-state index in [9.17, 15) is 19.2 Å². The topological polar surface area (TPSA) is 123 Å². The van der Waals surface area contributed by atoms with Gasteiger partial charge in [0.2, 0.25) is 11.8 Å². The molecule has 1 aromatic heterocycles. The fourth-order valence-electron chi connectivity index (χ4n) is 4.26. The number of hydrogen-bond acceptors (Lipinski definition) is 7. The van der Waals surface area contributed by atoms with Crippen molar-refractivity contribution >= 4 is 35.3 Å². The van der Waals surface area contributed by atoms with E-state index in [1.165, 1.54) is 16.7 Å². The van der Waals surface area contributed by atoms with Crippen molar-refractivity contribution in [2.24, 2.45) is 0 Å². The molecule has 1 saturated heterocycles. The number of aromatic nitrogens is 3. The van der Waals surface area contributed by atoms with Gasteiger partial charge in [-0.2, -0.15) is 0 Å². The number of methoxy groups -OCH3 is 1. The van der Waals surface area contributed by atoms with Gasteiger partial charge >= 0.3 is 5.97 Å². The number of carbonyl (C=O) groups is 4. The average Bonchev–Trinajstić information content (AvgIpc) is 3.43. The van der Waals surface area contributed by atoms with Crippen molar-refractivity contribution in [1.29, 1.82) is 0 Å². The molecule has 2 aliphatic rings. The van der Waals surface area contributed by atoms with Crippen LogP contribution in [0, 0.1) is 0 Å². The molecule has 0 radical (unpaired) electrons. The fraction of sp³-hybridized carbons (Fsp3) is 0.217. The number of carbonyl (C=O) groups excluding carboxylic acids is 4. The van der Waals surface area contributed by atoms with Gasteiger partial charge in [0, 0.05) is 24.1 Å². The Morgan fingerprint density at radius 1 is 1.18 bits per heavy atom. The highest BCUT2D eigenvalue weighted by Crippen LogP contribution is 2.31. The Morgan fingerprint density at radius 2 is 2.00 bits per heavy atom. The van der Waals surface area contributed by atoms with Crippen molar-refractivity contribution < 1.29 is 23.9 Å². The molecule has 2 aromatic carbocycles. The maximum Gasteiger partial charge on any atom is 0.340 e. The molecule has 3 aromatic rings. The van der Waals surface area contributed by atoms with E-state index in [1.54, 1.807) is 42.6 Å². The largest absolute Gasteiger partial charge is 0.465 e. The Bertz CT molecular complexity index is 1370. The van der Waals surface area contributed by atoms with E-state index >= 15 is 0 Å². The minimum Gasteiger partial charge on any atom is -0.465 e. The van der Waals surface area contributed by atoms with Gasteiger partial charge in [-0.3, -0.25) is 19.7 Å². The van der Waals surface area contributed by atoms with E-state index in [2.05, 4.69) is 15.6 Å². The van der Waals surface area contributed by atoms with Gasteiger partial charge in [-0.05, 0) is 36.2 Å². The summed E-state index contributed by atoms with van der Waals surface area (Å²) in [4.78, 5) is 50.3. The summed E-state index contributed by atoms with van der Waals surface area (Å²) in [7, 11) is 1.27. The third-order valence-corrected chi connectivity index (χ3v) is 6.26. The van der Waals surface area contributed by atoms with E-state index in [0.29, 0.717) is 28.9 Å². The van der Waals surface area contributed by atoms with Crippen molar-refractivity contribution in [3.05, 3.63) is 64.3 Å². The lowest BCUT2D eigenvalue weighted by atomic mass is 10.0. The monoisotopic (exact) mass is 479 g/mol. The van der Waals surface area contributed by atoms with Crippen LogP contribution in [-0.2, 0) is 20.9 Å². The van der Waals surface area contributed by atoms with Gasteiger partial charge in [0.05, 0.1) is 29.6 Å². The summed E-state index contributed by atoms with van der Waals surface area (Å²) in [6, 6.07) is 9.52. The lowest BCUT2D eigenvalue weighted by Gasteiger charge is -2.29. The first-order chi connectivity index (χ1) is 16.4. The van der Waals surface area contributed by atoms with E-state index in [-0.39, 0.29) is 35.4 Å². The highest BCUT2D eigenvalue weighted by molar-refractivity contribution is 6.34. The summed E-state index contributed by atoms with van der Waals surface area (Å²) >= 11 is 6.21. The number of halogens is 1. The fourth-order valence-corrected chi connectivity index (χ4v) is 4.52. The summed E-state index contributed by atoms with van der Waals surface area (Å²) < 4.78 is 6.37. The molecule has 5 rings (SSSR count). The standard InChI is InChI=1S/C23H18ClN5O5/c1-34-23(33)20-15(3-2-4-16(20)24)17-11-29(27-26-17)13-5-6-14-12(9-13)10-28(22(14)32)18-7-8-19(30)25-21(18)31/h2-6,9,11,18H,7-8,10H2,1H3,(H,25,30,31). The highest BCUT2D eigenvalue weighted by atomic mass is 35.5. The van der Waals surface area contributed by atoms with Gasteiger partial charge in [-0.25, -0.2) is 9.48 Å². The molecule has 10 nitrogen and oxygen atoms in total. The maximum atomic E-state index is 12.9. The number of piperidine rings is 1. The summed E-state index contributed by atoms with van der Waals surface area (Å²) in [5.41, 5.74) is 2.98. The Labute approximate surface area is 198 Å². The maximum absolute atomic E-state index is 12.9. The highest BCUT2D eigenvalue weighted by Gasteiger charge is 2.39. The number of rotatable bonds is 4. The second-order valence-electron chi connectivity index (χ2n) is 7.94. The lowest BCUT2D eigenvalue weighted by Crippen LogP contribution is -2.52. The second-order valence-corrected chi connectivity index (χ2v) is 8.35. The van der Waals surface area contributed by atoms with E-state index in [1.807, 2.05) is 0 Å². The van der Waals surface area contributed by atoms with E-state index < -0.39 is 17.9 Å². The zero-order valence-corrected chi connectivity index (χ0v) is 18.7. The molecule has 0 saturated carbocycles. The molecule has 0 spiro atoms. The van der Waals surface area contributed by atoms with Crippen LogP contribution in [-0.4, -0.2) is 56.7 Å². The number of fused-ring (bicyclic) bond motifs is 1. The molecule has 0 aliphatic carbocycles. The van der Waals surface area contributed by atoms with Gasteiger partial charge < -0.3 is 9.64 Å². The van der Waals surface area contributed by atoms with Crippen LogP contribution in [0.5, 0.6) is 0 Å². The number of esters is 1. The molecule has 1 atom stereocenters. The van der Waals surface area contributed by atoms with Crippen molar-refractivity contribution in [3.8, 4) is 16.9 Å². The Kier molecular flexibility index (Phi) is 5.37. The number of amides is 3. The minimum absolute atomic E-state index is 0.193. The summed E-state index contributed by atoms with van der Waals surface area (Å²) in [6.07, 6.45) is 2.14.